The minimum Gasteiger partial charge on any atom is -0.457 e. The number of para-hydroxylation sites is 1. The predicted molar refractivity (Wildman–Crippen MR) is 122 cm³/mol. The van der Waals surface area contributed by atoms with Crippen molar-refractivity contribution in [1.82, 2.24) is 14.5 Å². The first-order valence-corrected chi connectivity index (χ1v) is 9.68. The van der Waals surface area contributed by atoms with Crippen LogP contribution in [0.3, 0.4) is 0 Å². The summed E-state index contributed by atoms with van der Waals surface area (Å²) in [4.78, 5) is 19.0. The van der Waals surface area contributed by atoms with E-state index < -0.39 is 0 Å². The molecule has 2 heterocycles. The van der Waals surface area contributed by atoms with E-state index in [4.69, 9.17) is 9.72 Å². The van der Waals surface area contributed by atoms with Gasteiger partial charge in [0.25, 0.3) is 0 Å². The van der Waals surface area contributed by atoms with E-state index in [1.54, 1.807) is 12.3 Å². The molecule has 1 N–H and O–H groups in total. The second-order valence-corrected chi connectivity index (χ2v) is 7.37. The van der Waals surface area contributed by atoms with Gasteiger partial charge in [-0.25, -0.2) is 4.98 Å². The number of rotatable bonds is 6. The summed E-state index contributed by atoms with van der Waals surface area (Å²) in [6.45, 7) is 5.18. The van der Waals surface area contributed by atoms with Crippen LogP contribution in [0.1, 0.15) is 13.8 Å². The molecule has 0 spiro atoms. The fourth-order valence-corrected chi connectivity index (χ4v) is 3.32. The van der Waals surface area contributed by atoms with E-state index in [-0.39, 0.29) is 18.0 Å². The third-order valence-corrected chi connectivity index (χ3v) is 4.54. The maximum absolute atomic E-state index is 11.5. The SMILES string of the molecule is CC(C)Cn1cnc(-c2cccc(Oc3ccccc3)c2)c1-c1ccc(=O)[nH]c1.Cl. The Bertz CT molecular complexity index is 1150. The molecular formula is C24H24ClN3O2. The maximum atomic E-state index is 11.5. The number of ether oxygens (including phenoxy) is 1. The number of nitrogens with one attached hydrogen (secondary N) is 1. The summed E-state index contributed by atoms with van der Waals surface area (Å²) in [5.41, 5.74) is 3.60. The molecule has 0 saturated carbocycles. The average Bonchev–Trinajstić information content (AvgIpc) is 3.12. The number of halogens is 1. The van der Waals surface area contributed by atoms with Gasteiger partial charge in [-0.3, -0.25) is 4.79 Å². The average molecular weight is 422 g/mol. The zero-order chi connectivity index (χ0) is 20.2. The monoisotopic (exact) mass is 421 g/mol. The fourth-order valence-electron chi connectivity index (χ4n) is 3.32. The third kappa shape index (κ3) is 4.81. The lowest BCUT2D eigenvalue weighted by molar-refractivity contribution is 0.483. The van der Waals surface area contributed by atoms with Crippen molar-refractivity contribution in [3.05, 3.63) is 89.6 Å². The molecule has 4 aromatic rings. The molecule has 0 aliphatic rings. The molecule has 0 bridgehead atoms. The number of nitrogens with zero attached hydrogens (tertiary/aromatic N) is 2. The van der Waals surface area contributed by atoms with Gasteiger partial charge >= 0.3 is 0 Å². The Kier molecular flexibility index (Phi) is 6.75. The van der Waals surface area contributed by atoms with E-state index in [9.17, 15) is 4.79 Å². The lowest BCUT2D eigenvalue weighted by Gasteiger charge is -2.13. The van der Waals surface area contributed by atoms with Gasteiger partial charge in [0, 0.05) is 29.9 Å². The molecule has 0 amide bonds. The van der Waals surface area contributed by atoms with Crippen molar-refractivity contribution in [3.63, 3.8) is 0 Å². The van der Waals surface area contributed by atoms with Crippen LogP contribution in [0.4, 0.5) is 0 Å². The molecule has 2 aromatic heterocycles. The summed E-state index contributed by atoms with van der Waals surface area (Å²) in [6.07, 6.45) is 3.60. The first kappa shape index (κ1) is 21.4. The smallest absolute Gasteiger partial charge is 0.247 e. The third-order valence-electron chi connectivity index (χ3n) is 4.54. The zero-order valence-electron chi connectivity index (χ0n) is 16.9. The Hall–Kier alpha value is -3.31. The van der Waals surface area contributed by atoms with Gasteiger partial charge in [-0.1, -0.05) is 44.2 Å². The lowest BCUT2D eigenvalue weighted by Crippen LogP contribution is -2.07. The van der Waals surface area contributed by atoms with Crippen LogP contribution in [0.15, 0.2) is 84.0 Å². The first-order chi connectivity index (χ1) is 14.1. The second-order valence-electron chi connectivity index (χ2n) is 7.37. The molecule has 154 valence electrons. The van der Waals surface area contributed by atoms with E-state index in [0.29, 0.717) is 5.92 Å². The van der Waals surface area contributed by atoms with Gasteiger partial charge in [-0.2, -0.15) is 0 Å². The minimum atomic E-state index is -0.122. The Morgan fingerprint density at radius 2 is 1.73 bits per heavy atom. The number of benzene rings is 2. The lowest BCUT2D eigenvalue weighted by atomic mass is 10.1. The van der Waals surface area contributed by atoms with Crippen LogP contribution in [0.5, 0.6) is 11.5 Å². The predicted octanol–water partition coefficient (Wildman–Crippen LogP) is 5.78. The van der Waals surface area contributed by atoms with Gasteiger partial charge in [0.1, 0.15) is 11.5 Å². The van der Waals surface area contributed by atoms with E-state index in [1.165, 1.54) is 0 Å². The van der Waals surface area contributed by atoms with E-state index in [2.05, 4.69) is 23.4 Å². The maximum Gasteiger partial charge on any atom is 0.247 e. The Morgan fingerprint density at radius 3 is 2.43 bits per heavy atom. The van der Waals surface area contributed by atoms with Gasteiger partial charge in [0.15, 0.2) is 0 Å². The van der Waals surface area contributed by atoms with E-state index in [1.807, 2.05) is 67.0 Å². The molecule has 0 radical (unpaired) electrons. The normalized spacial score (nSPS) is 10.6. The number of aromatic nitrogens is 3. The molecule has 0 unspecified atom stereocenters. The topological polar surface area (TPSA) is 59.9 Å². The highest BCUT2D eigenvalue weighted by Crippen LogP contribution is 2.33. The number of aromatic amines is 1. The molecule has 4 rings (SSSR count). The van der Waals surface area contributed by atoms with Crippen molar-refractivity contribution in [2.24, 2.45) is 5.92 Å². The van der Waals surface area contributed by atoms with Crippen molar-refractivity contribution in [3.8, 4) is 34.0 Å². The van der Waals surface area contributed by atoms with Crippen LogP contribution in [-0.2, 0) is 6.54 Å². The van der Waals surface area contributed by atoms with Crippen LogP contribution in [0.25, 0.3) is 22.5 Å². The van der Waals surface area contributed by atoms with Gasteiger partial charge in [-0.05, 0) is 36.2 Å². The Labute approximate surface area is 181 Å². The molecule has 0 aliphatic heterocycles. The highest BCUT2D eigenvalue weighted by Gasteiger charge is 2.16. The molecule has 0 atom stereocenters. The van der Waals surface area contributed by atoms with Gasteiger partial charge in [0.2, 0.25) is 5.56 Å². The molecule has 6 heteroatoms. The summed E-state index contributed by atoms with van der Waals surface area (Å²) < 4.78 is 8.13. The van der Waals surface area contributed by atoms with Crippen molar-refractivity contribution < 1.29 is 4.74 Å². The van der Waals surface area contributed by atoms with Gasteiger partial charge in [-0.15, -0.1) is 12.4 Å². The molecule has 2 aromatic carbocycles. The van der Waals surface area contributed by atoms with Crippen molar-refractivity contribution >= 4 is 12.4 Å². The first-order valence-electron chi connectivity index (χ1n) is 9.68. The fraction of sp³-hybridized carbons (Fsp3) is 0.167. The van der Waals surface area contributed by atoms with E-state index in [0.717, 1.165) is 40.6 Å². The highest BCUT2D eigenvalue weighted by molar-refractivity contribution is 5.85. The highest BCUT2D eigenvalue weighted by atomic mass is 35.5. The molecule has 0 saturated heterocycles. The van der Waals surface area contributed by atoms with Crippen LogP contribution < -0.4 is 10.3 Å². The zero-order valence-corrected chi connectivity index (χ0v) is 17.7. The summed E-state index contributed by atoms with van der Waals surface area (Å²) in [5.74, 6) is 2.00. The van der Waals surface area contributed by atoms with Crippen molar-refractivity contribution in [1.29, 1.82) is 0 Å². The summed E-state index contributed by atoms with van der Waals surface area (Å²) in [7, 11) is 0. The second kappa shape index (κ2) is 9.46. The van der Waals surface area contributed by atoms with Gasteiger partial charge < -0.3 is 14.3 Å². The quantitative estimate of drug-likeness (QED) is 0.429. The standard InChI is InChI=1S/C24H23N3O2.ClH/c1-17(2)15-27-16-26-23(24(27)19-11-12-22(28)25-14-19)18-7-6-10-21(13-18)29-20-8-4-3-5-9-20;/h3-14,16-17H,15H2,1-2H3,(H,25,28);1H. The van der Waals surface area contributed by atoms with Crippen LogP contribution >= 0.6 is 12.4 Å². The van der Waals surface area contributed by atoms with Crippen LogP contribution in [0, 0.1) is 5.92 Å². The van der Waals surface area contributed by atoms with E-state index >= 15 is 0 Å². The largest absolute Gasteiger partial charge is 0.457 e. The minimum absolute atomic E-state index is 0. The summed E-state index contributed by atoms with van der Waals surface area (Å²) in [5, 5.41) is 0. The number of hydrogen-bond acceptors (Lipinski definition) is 3. The molecular weight excluding hydrogens is 398 g/mol. The van der Waals surface area contributed by atoms with Crippen molar-refractivity contribution in [2.45, 2.75) is 20.4 Å². The Balaban J connectivity index is 0.00000256. The number of pyridine rings is 1. The molecule has 30 heavy (non-hydrogen) atoms. The van der Waals surface area contributed by atoms with Crippen LogP contribution in [0.2, 0.25) is 0 Å². The molecule has 0 aliphatic carbocycles. The number of hydrogen-bond donors (Lipinski definition) is 1. The Morgan fingerprint density at radius 1 is 0.967 bits per heavy atom. The molecule has 5 nitrogen and oxygen atoms in total. The summed E-state index contributed by atoms with van der Waals surface area (Å²) >= 11 is 0. The summed E-state index contributed by atoms with van der Waals surface area (Å²) in [6, 6.07) is 21.0. The number of H-pyrrole nitrogens is 1. The molecule has 0 fully saturated rings. The van der Waals surface area contributed by atoms with Crippen molar-refractivity contribution in [2.75, 3.05) is 0 Å². The van der Waals surface area contributed by atoms with Gasteiger partial charge in [0.05, 0.1) is 17.7 Å². The number of imidazole rings is 1. The van der Waals surface area contributed by atoms with Crippen LogP contribution in [-0.4, -0.2) is 14.5 Å².